The zero-order chi connectivity index (χ0) is 7.56. The molecule has 1 aromatic heterocycles. The van der Waals surface area contributed by atoms with Gasteiger partial charge in [0, 0.05) is 0 Å². The molecule has 0 saturated heterocycles. The van der Waals surface area contributed by atoms with Crippen LogP contribution in [0.4, 0.5) is 0 Å². The largest absolute Gasteiger partial charge is 0.492 e. The van der Waals surface area contributed by atoms with Gasteiger partial charge in [-0.3, -0.25) is 0 Å². The standard InChI is InChI=1S/C6H7ClN2O/c1-2-4-5(7)6(10)9-3-8-4/h3H,2H2,1H3,(H,8,9,10). The predicted molar refractivity (Wildman–Crippen MR) is 38.1 cm³/mol. The van der Waals surface area contributed by atoms with Gasteiger partial charge in [0.1, 0.15) is 11.3 Å². The van der Waals surface area contributed by atoms with Crippen molar-refractivity contribution in [3.63, 3.8) is 0 Å². The molecule has 0 fully saturated rings. The van der Waals surface area contributed by atoms with Gasteiger partial charge in [0.2, 0.25) is 5.88 Å². The van der Waals surface area contributed by atoms with Crippen molar-refractivity contribution in [2.24, 2.45) is 0 Å². The molecule has 1 heterocycles. The topological polar surface area (TPSA) is 46.0 Å². The van der Waals surface area contributed by atoms with Crippen LogP contribution in [-0.2, 0) is 6.42 Å². The molecule has 0 bridgehead atoms. The molecule has 0 radical (unpaired) electrons. The van der Waals surface area contributed by atoms with Crippen LogP contribution in [-0.4, -0.2) is 15.1 Å². The van der Waals surface area contributed by atoms with E-state index in [9.17, 15) is 0 Å². The molecule has 0 amide bonds. The quantitative estimate of drug-likeness (QED) is 0.672. The lowest BCUT2D eigenvalue weighted by atomic mass is 10.3. The van der Waals surface area contributed by atoms with Gasteiger partial charge in [0.25, 0.3) is 0 Å². The average molecular weight is 159 g/mol. The van der Waals surface area contributed by atoms with Crippen LogP contribution in [0.2, 0.25) is 5.02 Å². The highest BCUT2D eigenvalue weighted by Gasteiger charge is 2.04. The summed E-state index contributed by atoms with van der Waals surface area (Å²) in [6, 6.07) is 0. The van der Waals surface area contributed by atoms with Gasteiger partial charge < -0.3 is 5.11 Å². The van der Waals surface area contributed by atoms with Crippen molar-refractivity contribution in [1.82, 2.24) is 9.97 Å². The van der Waals surface area contributed by atoms with Crippen LogP contribution < -0.4 is 0 Å². The lowest BCUT2D eigenvalue weighted by Crippen LogP contribution is -1.89. The van der Waals surface area contributed by atoms with Gasteiger partial charge in [-0.05, 0) is 6.42 Å². The molecule has 1 rings (SSSR count). The van der Waals surface area contributed by atoms with E-state index in [1.54, 1.807) is 0 Å². The Hall–Kier alpha value is -0.830. The summed E-state index contributed by atoms with van der Waals surface area (Å²) < 4.78 is 0. The molecule has 0 saturated carbocycles. The fraction of sp³-hybridized carbons (Fsp3) is 0.333. The molecule has 0 aliphatic heterocycles. The van der Waals surface area contributed by atoms with E-state index < -0.39 is 0 Å². The maximum Gasteiger partial charge on any atom is 0.233 e. The van der Waals surface area contributed by atoms with Gasteiger partial charge in [0.15, 0.2) is 0 Å². The van der Waals surface area contributed by atoms with Gasteiger partial charge in [0.05, 0.1) is 5.69 Å². The minimum Gasteiger partial charge on any atom is -0.492 e. The smallest absolute Gasteiger partial charge is 0.233 e. The average Bonchev–Trinajstić information content (AvgIpc) is 1.95. The maximum absolute atomic E-state index is 8.95. The molecule has 0 aliphatic carbocycles. The van der Waals surface area contributed by atoms with Crippen LogP contribution in [0, 0.1) is 0 Å². The van der Waals surface area contributed by atoms with E-state index in [1.165, 1.54) is 6.33 Å². The number of aryl methyl sites for hydroxylation is 1. The third-order valence-electron chi connectivity index (χ3n) is 1.18. The number of halogens is 1. The predicted octanol–water partition coefficient (Wildman–Crippen LogP) is 1.40. The van der Waals surface area contributed by atoms with E-state index in [1.807, 2.05) is 6.92 Å². The molecule has 0 atom stereocenters. The zero-order valence-corrected chi connectivity index (χ0v) is 6.26. The Morgan fingerprint density at radius 2 is 2.30 bits per heavy atom. The number of hydrogen-bond acceptors (Lipinski definition) is 3. The lowest BCUT2D eigenvalue weighted by Gasteiger charge is -1.98. The van der Waals surface area contributed by atoms with Gasteiger partial charge in [-0.25, -0.2) is 9.97 Å². The first kappa shape index (κ1) is 7.28. The zero-order valence-electron chi connectivity index (χ0n) is 5.50. The van der Waals surface area contributed by atoms with Gasteiger partial charge in [-0.2, -0.15) is 0 Å². The summed E-state index contributed by atoms with van der Waals surface area (Å²) in [5.74, 6) is -0.145. The van der Waals surface area contributed by atoms with E-state index in [0.717, 1.165) is 0 Å². The lowest BCUT2D eigenvalue weighted by molar-refractivity contribution is 0.451. The number of hydrogen-bond donors (Lipinski definition) is 1. The van der Waals surface area contributed by atoms with Crippen LogP contribution in [0.15, 0.2) is 6.33 Å². The first-order valence-corrected chi connectivity index (χ1v) is 3.31. The first-order chi connectivity index (χ1) is 4.75. The summed E-state index contributed by atoms with van der Waals surface area (Å²) in [7, 11) is 0. The fourth-order valence-corrected chi connectivity index (χ4v) is 0.873. The van der Waals surface area contributed by atoms with Crippen molar-refractivity contribution >= 4 is 11.6 Å². The van der Waals surface area contributed by atoms with Crippen molar-refractivity contribution in [3.05, 3.63) is 17.0 Å². The molecule has 10 heavy (non-hydrogen) atoms. The number of rotatable bonds is 1. The summed E-state index contributed by atoms with van der Waals surface area (Å²) in [6.45, 7) is 1.91. The highest BCUT2D eigenvalue weighted by atomic mass is 35.5. The summed E-state index contributed by atoms with van der Waals surface area (Å²) in [6.07, 6.45) is 2.00. The highest BCUT2D eigenvalue weighted by molar-refractivity contribution is 6.32. The number of nitrogens with zero attached hydrogens (tertiary/aromatic N) is 2. The number of aromatic hydroxyl groups is 1. The summed E-state index contributed by atoms with van der Waals surface area (Å²) in [4.78, 5) is 7.35. The van der Waals surface area contributed by atoms with E-state index in [-0.39, 0.29) is 10.9 Å². The highest BCUT2D eigenvalue weighted by Crippen LogP contribution is 2.21. The second-order valence-corrected chi connectivity index (χ2v) is 2.19. The van der Waals surface area contributed by atoms with Crippen LogP contribution in [0.3, 0.4) is 0 Å². The second-order valence-electron chi connectivity index (χ2n) is 1.81. The number of aromatic nitrogens is 2. The molecule has 0 aromatic carbocycles. The molecular formula is C6H7ClN2O. The van der Waals surface area contributed by atoms with Crippen molar-refractivity contribution < 1.29 is 5.11 Å². The third kappa shape index (κ3) is 1.19. The summed E-state index contributed by atoms with van der Waals surface area (Å²) >= 11 is 5.62. The van der Waals surface area contributed by atoms with Crippen LogP contribution >= 0.6 is 11.6 Å². The summed E-state index contributed by atoms with van der Waals surface area (Å²) in [5, 5.41) is 9.20. The van der Waals surface area contributed by atoms with Crippen molar-refractivity contribution in [3.8, 4) is 5.88 Å². The van der Waals surface area contributed by atoms with Crippen molar-refractivity contribution in [2.75, 3.05) is 0 Å². The molecule has 3 nitrogen and oxygen atoms in total. The van der Waals surface area contributed by atoms with E-state index in [2.05, 4.69) is 9.97 Å². The molecule has 1 aromatic rings. The third-order valence-corrected chi connectivity index (χ3v) is 1.57. The fourth-order valence-electron chi connectivity index (χ4n) is 0.642. The molecular weight excluding hydrogens is 152 g/mol. The molecule has 4 heteroatoms. The first-order valence-electron chi connectivity index (χ1n) is 2.94. The maximum atomic E-state index is 8.95. The van der Waals surface area contributed by atoms with Crippen LogP contribution in [0.1, 0.15) is 12.6 Å². The van der Waals surface area contributed by atoms with Gasteiger partial charge in [-0.1, -0.05) is 18.5 Å². The van der Waals surface area contributed by atoms with Gasteiger partial charge >= 0.3 is 0 Å². The Morgan fingerprint density at radius 3 is 2.80 bits per heavy atom. The Balaban J connectivity index is 3.14. The summed E-state index contributed by atoms with van der Waals surface area (Å²) in [5.41, 5.74) is 0.675. The van der Waals surface area contributed by atoms with E-state index >= 15 is 0 Å². The Bertz CT molecular complexity index is 239. The Labute approximate surface area is 63.7 Å². The second kappa shape index (κ2) is 2.84. The van der Waals surface area contributed by atoms with Crippen molar-refractivity contribution in [2.45, 2.75) is 13.3 Å². The monoisotopic (exact) mass is 158 g/mol. The van der Waals surface area contributed by atoms with Crippen LogP contribution in [0.25, 0.3) is 0 Å². The van der Waals surface area contributed by atoms with Gasteiger partial charge in [-0.15, -0.1) is 0 Å². The SMILES string of the molecule is CCc1ncnc(O)c1Cl. The van der Waals surface area contributed by atoms with E-state index in [4.69, 9.17) is 16.7 Å². The molecule has 54 valence electrons. The van der Waals surface area contributed by atoms with Crippen molar-refractivity contribution in [1.29, 1.82) is 0 Å². The van der Waals surface area contributed by atoms with Crippen LogP contribution in [0.5, 0.6) is 5.88 Å². The minimum absolute atomic E-state index is 0.145. The normalized spacial score (nSPS) is 9.80. The Kier molecular flexibility index (Phi) is 2.06. The molecule has 0 spiro atoms. The Morgan fingerprint density at radius 1 is 1.60 bits per heavy atom. The minimum atomic E-state index is -0.145. The molecule has 1 N–H and O–H groups in total. The molecule has 0 aliphatic rings. The van der Waals surface area contributed by atoms with E-state index in [0.29, 0.717) is 12.1 Å². The molecule has 0 unspecified atom stereocenters.